The molecule has 0 bridgehead atoms. The Bertz CT molecular complexity index is 1230. The van der Waals surface area contributed by atoms with Gasteiger partial charge in [-0.3, -0.25) is 23.3 Å². The molecule has 10 nitrogen and oxygen atoms in total. The largest absolute Gasteiger partial charge is 0.384 e. The Hall–Kier alpha value is -2.89. The number of nitrogen functional groups attached to an aromatic ring is 1. The van der Waals surface area contributed by atoms with Crippen molar-refractivity contribution in [1.82, 2.24) is 23.9 Å². The van der Waals surface area contributed by atoms with E-state index >= 15 is 0 Å². The van der Waals surface area contributed by atoms with Crippen LogP contribution in [0, 0.1) is 0 Å². The number of benzene rings is 1. The van der Waals surface area contributed by atoms with E-state index in [4.69, 9.17) is 22.1 Å². The summed E-state index contributed by atoms with van der Waals surface area (Å²) in [6.45, 7) is 0.871. The first kappa shape index (κ1) is 22.8. The van der Waals surface area contributed by atoms with Crippen molar-refractivity contribution in [2.45, 2.75) is 11.7 Å². The first-order valence-corrected chi connectivity index (χ1v) is 10.5. The molecule has 2 N–H and O–H groups in total. The molecule has 3 aromatic rings. The second-order valence-corrected chi connectivity index (χ2v) is 8.01. The maximum Gasteiger partial charge on any atom is 0.332 e. The number of thioether (sulfide) groups is 1. The molecule has 0 saturated heterocycles. The van der Waals surface area contributed by atoms with Gasteiger partial charge in [0, 0.05) is 31.8 Å². The summed E-state index contributed by atoms with van der Waals surface area (Å²) >= 11 is 7.08. The molecule has 0 atom stereocenters. The minimum absolute atomic E-state index is 0.108. The van der Waals surface area contributed by atoms with Crippen molar-refractivity contribution in [3.63, 3.8) is 0 Å². The maximum absolute atomic E-state index is 12.8. The lowest BCUT2D eigenvalue weighted by Crippen LogP contribution is -2.41. The van der Waals surface area contributed by atoms with Crippen LogP contribution >= 0.6 is 23.4 Å². The van der Waals surface area contributed by atoms with Crippen molar-refractivity contribution in [3.05, 3.63) is 55.7 Å². The van der Waals surface area contributed by atoms with E-state index in [1.807, 2.05) is 16.7 Å². The fourth-order valence-electron chi connectivity index (χ4n) is 2.92. The van der Waals surface area contributed by atoms with Crippen molar-refractivity contribution >= 4 is 35.0 Å². The van der Waals surface area contributed by atoms with Gasteiger partial charge in [-0.25, -0.2) is 4.79 Å². The topological polar surface area (TPSA) is 127 Å². The molecule has 0 amide bonds. The molecule has 0 fully saturated rings. The van der Waals surface area contributed by atoms with E-state index in [9.17, 15) is 14.4 Å². The quantitative estimate of drug-likeness (QED) is 0.389. The van der Waals surface area contributed by atoms with Crippen molar-refractivity contribution in [3.8, 4) is 11.4 Å². The van der Waals surface area contributed by atoms with Gasteiger partial charge >= 0.3 is 5.69 Å². The zero-order valence-corrected chi connectivity index (χ0v) is 18.7. The van der Waals surface area contributed by atoms with Crippen LogP contribution in [-0.2, 0) is 25.4 Å². The number of ether oxygens (including phenoxy) is 1. The average molecular weight is 465 g/mol. The molecule has 0 aliphatic rings. The number of aromatic nitrogens is 5. The van der Waals surface area contributed by atoms with Crippen LogP contribution in [0.2, 0.25) is 5.02 Å². The molecule has 0 spiro atoms. The van der Waals surface area contributed by atoms with E-state index in [1.54, 1.807) is 19.2 Å². The maximum atomic E-state index is 12.8. The molecule has 1 aromatic carbocycles. The van der Waals surface area contributed by atoms with Crippen molar-refractivity contribution in [1.29, 1.82) is 0 Å². The first-order valence-electron chi connectivity index (χ1n) is 9.15. The Morgan fingerprint density at radius 1 is 1.16 bits per heavy atom. The lowest BCUT2D eigenvalue weighted by atomic mass is 10.2. The van der Waals surface area contributed by atoms with Crippen LogP contribution in [0.5, 0.6) is 0 Å². The number of ketones is 1. The van der Waals surface area contributed by atoms with Gasteiger partial charge < -0.3 is 10.5 Å². The predicted molar refractivity (Wildman–Crippen MR) is 119 cm³/mol. The molecule has 0 aliphatic heterocycles. The summed E-state index contributed by atoms with van der Waals surface area (Å²) in [6, 6.07) is 7.15. The number of anilines is 1. The standard InChI is InChI=1S/C19H21ClN6O4S/c1-24-15(21)14(17(28)25(2)19(24)29)13(27)10-31-18-23-22-16(26(18)8-9-30-3)11-4-6-12(20)7-5-11/h4-7H,8-10,21H2,1-3H3. The lowest BCUT2D eigenvalue weighted by molar-refractivity contribution is 0.102. The van der Waals surface area contributed by atoms with E-state index in [2.05, 4.69) is 10.2 Å². The molecule has 0 radical (unpaired) electrons. The molecule has 3 rings (SSSR count). The molecule has 31 heavy (non-hydrogen) atoms. The fraction of sp³-hybridized carbons (Fsp3) is 0.316. The van der Waals surface area contributed by atoms with Gasteiger partial charge in [0.05, 0.1) is 18.9 Å². The molecule has 164 valence electrons. The molecular formula is C19H21ClN6O4S. The summed E-state index contributed by atoms with van der Waals surface area (Å²) in [7, 11) is 4.29. The first-order chi connectivity index (χ1) is 14.8. The summed E-state index contributed by atoms with van der Waals surface area (Å²) in [5.74, 6) is -0.181. The third-order valence-corrected chi connectivity index (χ3v) is 5.88. The van der Waals surface area contributed by atoms with Crippen LogP contribution in [0.25, 0.3) is 11.4 Å². The van der Waals surface area contributed by atoms with Crippen LogP contribution in [0.15, 0.2) is 39.0 Å². The summed E-state index contributed by atoms with van der Waals surface area (Å²) < 4.78 is 8.93. The number of carbonyl (C=O) groups is 1. The normalized spacial score (nSPS) is 11.1. The minimum Gasteiger partial charge on any atom is -0.384 e. The van der Waals surface area contributed by atoms with E-state index < -0.39 is 17.0 Å². The number of hydrogen-bond donors (Lipinski definition) is 1. The molecule has 0 saturated carbocycles. The Morgan fingerprint density at radius 2 is 1.84 bits per heavy atom. The van der Waals surface area contributed by atoms with E-state index in [0.717, 1.165) is 26.5 Å². The van der Waals surface area contributed by atoms with Gasteiger partial charge in [0.25, 0.3) is 5.56 Å². The van der Waals surface area contributed by atoms with Crippen LogP contribution < -0.4 is 17.0 Å². The Morgan fingerprint density at radius 3 is 2.48 bits per heavy atom. The summed E-state index contributed by atoms with van der Waals surface area (Å²) in [4.78, 5) is 37.2. The molecule has 0 aliphatic carbocycles. The molecule has 2 heterocycles. The number of halogens is 1. The number of Topliss-reactive ketones (excluding diaryl/α,β-unsaturated/α-hetero) is 1. The fourth-order valence-corrected chi connectivity index (χ4v) is 3.88. The average Bonchev–Trinajstić information content (AvgIpc) is 3.16. The minimum atomic E-state index is -0.728. The lowest BCUT2D eigenvalue weighted by Gasteiger charge is -2.11. The SMILES string of the molecule is COCCn1c(SCC(=O)c2c(N)n(C)c(=O)n(C)c2=O)nnc1-c1ccc(Cl)cc1. The van der Waals surface area contributed by atoms with Gasteiger partial charge in [-0.2, -0.15) is 0 Å². The van der Waals surface area contributed by atoms with Crippen LogP contribution in [0.4, 0.5) is 5.82 Å². The van der Waals surface area contributed by atoms with Crippen LogP contribution in [0.3, 0.4) is 0 Å². The highest BCUT2D eigenvalue weighted by molar-refractivity contribution is 7.99. The van der Waals surface area contributed by atoms with Gasteiger partial charge in [-0.15, -0.1) is 10.2 Å². The second-order valence-electron chi connectivity index (χ2n) is 6.64. The van der Waals surface area contributed by atoms with Crippen LogP contribution in [-0.4, -0.2) is 49.2 Å². The van der Waals surface area contributed by atoms with Gasteiger partial charge in [0.1, 0.15) is 11.4 Å². The molecule has 0 unspecified atom stereocenters. The number of rotatable bonds is 8. The zero-order valence-electron chi connectivity index (χ0n) is 17.2. The van der Waals surface area contributed by atoms with Gasteiger partial charge in [-0.05, 0) is 24.3 Å². The van der Waals surface area contributed by atoms with Gasteiger partial charge in [-0.1, -0.05) is 23.4 Å². The summed E-state index contributed by atoms with van der Waals surface area (Å²) in [5.41, 5.74) is 5.13. The van der Waals surface area contributed by atoms with E-state index in [0.29, 0.717) is 29.2 Å². The Labute approximate surface area is 186 Å². The highest BCUT2D eigenvalue weighted by Gasteiger charge is 2.22. The highest BCUT2D eigenvalue weighted by Crippen LogP contribution is 2.25. The zero-order chi connectivity index (χ0) is 22.7. The third kappa shape index (κ3) is 4.58. The highest BCUT2D eigenvalue weighted by atomic mass is 35.5. The number of nitrogens with zero attached hydrogens (tertiary/aromatic N) is 5. The number of methoxy groups -OCH3 is 1. The van der Waals surface area contributed by atoms with E-state index in [1.165, 1.54) is 14.1 Å². The van der Waals surface area contributed by atoms with Gasteiger partial charge in [0.15, 0.2) is 16.8 Å². The monoisotopic (exact) mass is 464 g/mol. The number of hydrogen-bond acceptors (Lipinski definition) is 8. The van der Waals surface area contributed by atoms with Crippen molar-refractivity contribution in [2.75, 3.05) is 25.2 Å². The third-order valence-electron chi connectivity index (χ3n) is 4.66. The summed E-state index contributed by atoms with van der Waals surface area (Å²) in [5, 5.41) is 9.52. The van der Waals surface area contributed by atoms with E-state index in [-0.39, 0.29) is 17.1 Å². The molecular weight excluding hydrogens is 444 g/mol. The molecule has 12 heteroatoms. The number of carbonyl (C=O) groups excluding carboxylic acids is 1. The molecule has 2 aromatic heterocycles. The second kappa shape index (κ2) is 9.50. The predicted octanol–water partition coefficient (Wildman–Crippen LogP) is 1.20. The Kier molecular flexibility index (Phi) is 6.98. The van der Waals surface area contributed by atoms with Crippen molar-refractivity contribution < 1.29 is 9.53 Å². The summed E-state index contributed by atoms with van der Waals surface area (Å²) in [6.07, 6.45) is 0. The number of nitrogens with two attached hydrogens (primary N) is 1. The smallest absolute Gasteiger partial charge is 0.332 e. The Balaban J connectivity index is 1.90. The van der Waals surface area contributed by atoms with Gasteiger partial charge in [0.2, 0.25) is 0 Å². The van der Waals surface area contributed by atoms with Crippen LogP contribution in [0.1, 0.15) is 10.4 Å². The van der Waals surface area contributed by atoms with Crippen molar-refractivity contribution in [2.24, 2.45) is 14.1 Å².